The van der Waals surface area contributed by atoms with Crippen LogP contribution in [0.25, 0.3) is 0 Å². The Morgan fingerprint density at radius 2 is 1.77 bits per heavy atom. The van der Waals surface area contributed by atoms with Crippen LogP contribution in [0, 0.1) is 11.3 Å². The van der Waals surface area contributed by atoms with E-state index in [1.54, 1.807) is 24.3 Å². The maximum Gasteiger partial charge on any atom is 0.253 e. The molecule has 0 aromatic heterocycles. The van der Waals surface area contributed by atoms with Crippen LogP contribution in [0.5, 0.6) is 0 Å². The zero-order valence-corrected chi connectivity index (χ0v) is 16.4. The molecule has 0 spiro atoms. The lowest BCUT2D eigenvalue weighted by Crippen LogP contribution is -2.46. The van der Waals surface area contributed by atoms with Gasteiger partial charge in [0.1, 0.15) is 0 Å². The van der Waals surface area contributed by atoms with Crippen molar-refractivity contribution >= 4 is 17.5 Å². The monoisotopic (exact) mass is 360 g/mol. The average molecular weight is 361 g/mol. The first-order valence-electron chi connectivity index (χ1n) is 9.25. The van der Waals surface area contributed by atoms with Crippen LogP contribution in [0.4, 0.5) is 5.69 Å². The number of amides is 2. The number of likely N-dealkylation sites (tertiary alicyclic amines) is 1. The molecule has 1 aliphatic rings. The molecular formula is C20H32N4O2. The Bertz CT molecular complexity index is 617. The van der Waals surface area contributed by atoms with E-state index >= 15 is 0 Å². The number of nitrogens with one attached hydrogen (secondary N) is 1. The molecule has 26 heavy (non-hydrogen) atoms. The van der Waals surface area contributed by atoms with Crippen molar-refractivity contribution < 1.29 is 9.59 Å². The number of nitrogens with zero attached hydrogens (tertiary/aromatic N) is 2. The van der Waals surface area contributed by atoms with Gasteiger partial charge >= 0.3 is 0 Å². The average Bonchev–Trinajstić information content (AvgIpc) is 2.59. The predicted octanol–water partition coefficient (Wildman–Crippen LogP) is 1.83. The lowest BCUT2D eigenvalue weighted by Gasteiger charge is -2.33. The Balaban J connectivity index is 1.81. The van der Waals surface area contributed by atoms with Crippen LogP contribution < -0.4 is 11.1 Å². The Hall–Kier alpha value is -2.08. The van der Waals surface area contributed by atoms with E-state index in [1.165, 1.54) is 0 Å². The van der Waals surface area contributed by atoms with Crippen LogP contribution in [-0.2, 0) is 4.79 Å². The molecule has 6 heteroatoms. The van der Waals surface area contributed by atoms with Crippen LogP contribution in [0.3, 0.4) is 0 Å². The summed E-state index contributed by atoms with van der Waals surface area (Å²) in [6, 6.07) is 6.98. The van der Waals surface area contributed by atoms with Crippen molar-refractivity contribution in [2.45, 2.75) is 26.7 Å². The number of hydrogen-bond acceptors (Lipinski definition) is 4. The molecule has 1 fully saturated rings. The first-order chi connectivity index (χ1) is 12.2. The molecule has 1 aromatic rings. The van der Waals surface area contributed by atoms with Gasteiger partial charge in [0, 0.05) is 43.3 Å². The van der Waals surface area contributed by atoms with E-state index in [1.807, 2.05) is 19.0 Å². The minimum atomic E-state index is -0.0133. The summed E-state index contributed by atoms with van der Waals surface area (Å²) in [7, 11) is 4.08. The maximum atomic E-state index is 12.5. The van der Waals surface area contributed by atoms with Gasteiger partial charge in [-0.05, 0) is 56.6 Å². The fraction of sp³-hybridized carbons (Fsp3) is 0.600. The predicted molar refractivity (Wildman–Crippen MR) is 105 cm³/mol. The third kappa shape index (κ3) is 5.73. The summed E-state index contributed by atoms with van der Waals surface area (Å²) in [5, 5.41) is 3.10. The summed E-state index contributed by atoms with van der Waals surface area (Å²) >= 11 is 0. The highest BCUT2D eigenvalue weighted by molar-refractivity contribution is 5.94. The van der Waals surface area contributed by atoms with Crippen molar-refractivity contribution in [3.8, 4) is 0 Å². The third-order valence-corrected chi connectivity index (χ3v) is 4.80. The quantitative estimate of drug-likeness (QED) is 0.759. The normalized spacial score (nSPS) is 16.0. The molecule has 2 amide bonds. The molecule has 0 aliphatic carbocycles. The Labute approximate surface area is 156 Å². The SMILES string of the molecule is CN(C)CC(C)(C)CNC(=O)C1CCN(C(=O)c2ccc(N)cc2)CC1. The summed E-state index contributed by atoms with van der Waals surface area (Å²) in [6.07, 6.45) is 1.42. The van der Waals surface area contributed by atoms with Crippen molar-refractivity contribution in [2.24, 2.45) is 11.3 Å². The first kappa shape index (κ1) is 20.2. The number of rotatable bonds is 6. The molecule has 1 saturated heterocycles. The van der Waals surface area contributed by atoms with Gasteiger partial charge in [0.25, 0.3) is 5.91 Å². The number of carbonyl (C=O) groups is 2. The standard InChI is InChI=1S/C20H32N4O2/c1-20(2,14-23(3)4)13-22-18(25)15-9-11-24(12-10-15)19(26)16-5-7-17(21)8-6-16/h5-8,15H,9-14,21H2,1-4H3,(H,22,25). The Morgan fingerprint density at radius 1 is 1.19 bits per heavy atom. The van der Waals surface area contributed by atoms with E-state index in [0.29, 0.717) is 43.7 Å². The maximum absolute atomic E-state index is 12.5. The largest absolute Gasteiger partial charge is 0.399 e. The van der Waals surface area contributed by atoms with Gasteiger partial charge in [-0.15, -0.1) is 0 Å². The van der Waals surface area contributed by atoms with Crippen molar-refractivity contribution in [3.63, 3.8) is 0 Å². The van der Waals surface area contributed by atoms with Gasteiger partial charge in [-0.25, -0.2) is 0 Å². The second-order valence-corrected chi connectivity index (χ2v) is 8.31. The van der Waals surface area contributed by atoms with Crippen molar-refractivity contribution in [3.05, 3.63) is 29.8 Å². The van der Waals surface area contributed by atoms with Crippen LogP contribution in [0.1, 0.15) is 37.0 Å². The molecule has 0 unspecified atom stereocenters. The number of benzene rings is 1. The van der Waals surface area contributed by atoms with Crippen molar-refractivity contribution in [1.82, 2.24) is 15.1 Å². The molecule has 144 valence electrons. The third-order valence-electron chi connectivity index (χ3n) is 4.80. The van der Waals surface area contributed by atoms with Crippen LogP contribution >= 0.6 is 0 Å². The van der Waals surface area contributed by atoms with Crippen LogP contribution in [0.2, 0.25) is 0 Å². The molecular weight excluding hydrogens is 328 g/mol. The van der Waals surface area contributed by atoms with E-state index in [-0.39, 0.29) is 23.1 Å². The smallest absolute Gasteiger partial charge is 0.253 e. The topological polar surface area (TPSA) is 78.7 Å². The van der Waals surface area contributed by atoms with E-state index in [9.17, 15) is 9.59 Å². The summed E-state index contributed by atoms with van der Waals surface area (Å²) in [5.74, 6) is 0.105. The van der Waals surface area contributed by atoms with Gasteiger partial charge in [-0.1, -0.05) is 13.8 Å². The molecule has 1 aromatic carbocycles. The molecule has 2 rings (SSSR count). The molecule has 1 aliphatic heterocycles. The Kier molecular flexibility index (Phi) is 6.64. The number of hydrogen-bond donors (Lipinski definition) is 2. The van der Waals surface area contributed by atoms with E-state index < -0.39 is 0 Å². The lowest BCUT2D eigenvalue weighted by atomic mass is 9.91. The minimum Gasteiger partial charge on any atom is -0.399 e. The molecule has 3 N–H and O–H groups in total. The molecule has 0 bridgehead atoms. The fourth-order valence-corrected chi connectivity index (χ4v) is 3.54. The number of nitrogen functional groups attached to an aromatic ring is 1. The van der Waals surface area contributed by atoms with Gasteiger partial charge in [0.05, 0.1) is 0 Å². The molecule has 6 nitrogen and oxygen atoms in total. The minimum absolute atomic E-state index is 0.0102. The summed E-state index contributed by atoms with van der Waals surface area (Å²) in [4.78, 5) is 29.0. The number of carbonyl (C=O) groups excluding carboxylic acids is 2. The molecule has 1 heterocycles. The van der Waals surface area contributed by atoms with E-state index in [0.717, 1.165) is 6.54 Å². The number of piperidine rings is 1. The van der Waals surface area contributed by atoms with Crippen LogP contribution in [-0.4, -0.2) is 61.9 Å². The van der Waals surface area contributed by atoms with E-state index in [2.05, 4.69) is 24.1 Å². The zero-order valence-electron chi connectivity index (χ0n) is 16.4. The second-order valence-electron chi connectivity index (χ2n) is 8.31. The highest BCUT2D eigenvalue weighted by Crippen LogP contribution is 2.21. The zero-order chi connectivity index (χ0) is 19.3. The first-order valence-corrected chi connectivity index (χ1v) is 9.25. The molecule has 0 radical (unpaired) electrons. The highest BCUT2D eigenvalue weighted by atomic mass is 16.2. The van der Waals surface area contributed by atoms with Crippen LogP contribution in [0.15, 0.2) is 24.3 Å². The van der Waals surface area contributed by atoms with Gasteiger partial charge in [-0.3, -0.25) is 9.59 Å². The van der Waals surface area contributed by atoms with Crippen molar-refractivity contribution in [1.29, 1.82) is 0 Å². The van der Waals surface area contributed by atoms with Gasteiger partial charge in [0.15, 0.2) is 0 Å². The number of nitrogens with two attached hydrogens (primary N) is 1. The second kappa shape index (κ2) is 8.54. The lowest BCUT2D eigenvalue weighted by molar-refractivity contribution is -0.126. The van der Waals surface area contributed by atoms with Gasteiger partial charge < -0.3 is 20.9 Å². The highest BCUT2D eigenvalue weighted by Gasteiger charge is 2.29. The van der Waals surface area contributed by atoms with Gasteiger partial charge in [-0.2, -0.15) is 0 Å². The Morgan fingerprint density at radius 3 is 2.31 bits per heavy atom. The van der Waals surface area contributed by atoms with Gasteiger partial charge in [0.2, 0.25) is 5.91 Å². The van der Waals surface area contributed by atoms with E-state index in [4.69, 9.17) is 5.73 Å². The van der Waals surface area contributed by atoms with Crippen molar-refractivity contribution in [2.75, 3.05) is 46.0 Å². The molecule has 0 saturated carbocycles. The number of anilines is 1. The molecule has 0 atom stereocenters. The fourth-order valence-electron chi connectivity index (χ4n) is 3.54. The summed E-state index contributed by atoms with van der Waals surface area (Å²) in [6.45, 7) is 7.11. The summed E-state index contributed by atoms with van der Waals surface area (Å²) in [5.41, 5.74) is 7.00. The summed E-state index contributed by atoms with van der Waals surface area (Å²) < 4.78 is 0.